The minimum atomic E-state index is -1.44. The van der Waals surface area contributed by atoms with Gasteiger partial charge in [-0.2, -0.15) is 0 Å². The summed E-state index contributed by atoms with van der Waals surface area (Å²) in [7, 11) is -2.45. The van der Waals surface area contributed by atoms with Crippen LogP contribution >= 0.6 is 0 Å². The highest BCUT2D eigenvalue weighted by atomic mass is 28.4. The van der Waals surface area contributed by atoms with Crippen LogP contribution in [0.15, 0.2) is 0 Å². The van der Waals surface area contributed by atoms with E-state index in [4.69, 9.17) is 13.6 Å². The first-order chi connectivity index (χ1) is 7.35. The fraction of sp³-hybridized carbons (Fsp3) is 1.00. The fourth-order valence-corrected chi connectivity index (χ4v) is 2.83. The summed E-state index contributed by atoms with van der Waals surface area (Å²) in [5, 5.41) is 0. The lowest BCUT2D eigenvalue weighted by atomic mass is 10.4. The van der Waals surface area contributed by atoms with Gasteiger partial charge in [-0.1, -0.05) is 6.92 Å². The van der Waals surface area contributed by atoms with Crippen molar-refractivity contribution in [3.05, 3.63) is 0 Å². The summed E-state index contributed by atoms with van der Waals surface area (Å²) in [4.78, 5) is 0. The van der Waals surface area contributed by atoms with Gasteiger partial charge in [-0.15, -0.1) is 0 Å². The molecule has 0 bridgehead atoms. The number of hydrogen-bond acceptors (Lipinski definition) is 3. The van der Waals surface area contributed by atoms with Gasteiger partial charge in [-0.05, 0) is 39.2 Å². The molecule has 0 aromatic rings. The van der Waals surface area contributed by atoms with Gasteiger partial charge in [0.05, 0.1) is 19.3 Å². The van der Waals surface area contributed by atoms with E-state index in [1.807, 2.05) is 0 Å². The van der Waals surface area contributed by atoms with E-state index in [1.165, 1.54) is 0 Å². The van der Waals surface area contributed by atoms with Crippen molar-refractivity contribution in [2.45, 2.75) is 52.2 Å². The van der Waals surface area contributed by atoms with Crippen LogP contribution in [0.3, 0.4) is 0 Å². The van der Waals surface area contributed by atoms with Crippen LogP contribution in [0.5, 0.6) is 0 Å². The third kappa shape index (κ3) is 10.8. The first-order valence-electron chi connectivity index (χ1n) is 6.22. The van der Waals surface area contributed by atoms with Crippen molar-refractivity contribution in [2.24, 2.45) is 0 Å². The van der Waals surface area contributed by atoms with Gasteiger partial charge in [0.1, 0.15) is 0 Å². The summed E-state index contributed by atoms with van der Waals surface area (Å²) in [5.41, 5.74) is 0. The van der Waals surface area contributed by atoms with Gasteiger partial charge < -0.3 is 13.6 Å². The maximum Gasteiger partial charge on any atom is 0.183 e. The average Bonchev–Trinajstić information content (AvgIpc) is 2.12. The summed E-state index contributed by atoms with van der Waals surface area (Å²) < 4.78 is 17.3. The lowest BCUT2D eigenvalue weighted by molar-refractivity contribution is 0.0237. The smallest absolute Gasteiger partial charge is 0.183 e. The van der Waals surface area contributed by atoms with Crippen molar-refractivity contribution in [3.63, 3.8) is 0 Å². The predicted octanol–water partition coefficient (Wildman–Crippen LogP) is 2.63. The van der Waals surface area contributed by atoms with E-state index in [0.29, 0.717) is 13.2 Å². The molecule has 0 aromatic carbocycles. The topological polar surface area (TPSA) is 27.7 Å². The Morgan fingerprint density at radius 3 is 2.19 bits per heavy atom. The molecular formula is C11H28O3Si2. The Morgan fingerprint density at radius 2 is 1.75 bits per heavy atom. The van der Waals surface area contributed by atoms with Crippen molar-refractivity contribution in [1.29, 1.82) is 0 Å². The molecule has 16 heavy (non-hydrogen) atoms. The normalized spacial score (nSPS) is 14.4. The Bertz CT molecular complexity index is 169. The lowest BCUT2D eigenvalue weighted by Crippen LogP contribution is -2.36. The maximum atomic E-state index is 5.90. The zero-order valence-corrected chi connectivity index (χ0v) is 13.9. The van der Waals surface area contributed by atoms with Crippen LogP contribution < -0.4 is 0 Å². The second kappa shape index (κ2) is 8.41. The molecule has 0 aliphatic heterocycles. The van der Waals surface area contributed by atoms with Crippen LogP contribution in [-0.2, 0) is 13.6 Å². The number of hydrogen-bond donors (Lipinski definition) is 0. The van der Waals surface area contributed by atoms with E-state index < -0.39 is 17.4 Å². The average molecular weight is 265 g/mol. The molecule has 1 atom stereocenters. The molecule has 0 aliphatic carbocycles. The first-order valence-corrected chi connectivity index (χ1v) is 12.4. The monoisotopic (exact) mass is 264 g/mol. The first kappa shape index (κ1) is 16.3. The number of ether oxygens (including phenoxy) is 1. The van der Waals surface area contributed by atoms with E-state index in [-0.39, 0.29) is 6.10 Å². The van der Waals surface area contributed by atoms with E-state index in [0.717, 1.165) is 13.0 Å². The van der Waals surface area contributed by atoms with E-state index >= 15 is 0 Å². The molecule has 5 heteroatoms. The van der Waals surface area contributed by atoms with Crippen LogP contribution in [-0.4, -0.2) is 43.3 Å². The largest absolute Gasteiger partial charge is 0.415 e. The van der Waals surface area contributed by atoms with Gasteiger partial charge in [0.25, 0.3) is 0 Å². The molecule has 0 N–H and O–H groups in total. The van der Waals surface area contributed by atoms with E-state index in [9.17, 15) is 0 Å². The van der Waals surface area contributed by atoms with Gasteiger partial charge in [-0.25, -0.2) is 0 Å². The Kier molecular flexibility index (Phi) is 8.58. The van der Waals surface area contributed by atoms with Crippen molar-refractivity contribution in [2.75, 3.05) is 19.8 Å². The molecule has 0 heterocycles. The zero-order chi connectivity index (χ0) is 12.6. The standard InChI is InChI=1S/C11H28O3Si2/c1-7-8-12-9-11(14-15(2)3)10-13-16(4,5)6/h11,15H,7-10H2,1-6H3. The third-order valence-corrected chi connectivity index (χ3v) is 3.78. The summed E-state index contributed by atoms with van der Waals surface area (Å²) in [6, 6.07) is 0. The highest BCUT2D eigenvalue weighted by Gasteiger charge is 2.19. The van der Waals surface area contributed by atoms with Gasteiger partial charge in [0.15, 0.2) is 17.4 Å². The highest BCUT2D eigenvalue weighted by Crippen LogP contribution is 2.06. The predicted molar refractivity (Wildman–Crippen MR) is 74.2 cm³/mol. The Labute approximate surface area is 103 Å². The van der Waals surface area contributed by atoms with Crippen molar-refractivity contribution in [1.82, 2.24) is 0 Å². The summed E-state index contributed by atoms with van der Waals surface area (Å²) >= 11 is 0. The van der Waals surface area contributed by atoms with Crippen molar-refractivity contribution in [3.8, 4) is 0 Å². The van der Waals surface area contributed by atoms with Gasteiger partial charge in [0.2, 0.25) is 0 Å². The van der Waals surface area contributed by atoms with Gasteiger partial charge in [-0.3, -0.25) is 0 Å². The molecule has 0 saturated carbocycles. The minimum absolute atomic E-state index is 0.130. The quantitative estimate of drug-likeness (QED) is 0.473. The fourth-order valence-electron chi connectivity index (χ4n) is 1.21. The van der Waals surface area contributed by atoms with Crippen LogP contribution in [0, 0.1) is 0 Å². The molecule has 0 spiro atoms. The lowest BCUT2D eigenvalue weighted by Gasteiger charge is -2.25. The van der Waals surface area contributed by atoms with E-state index in [2.05, 4.69) is 39.7 Å². The molecule has 0 aliphatic rings. The summed E-state index contributed by atoms with van der Waals surface area (Å²) in [5.74, 6) is 0. The molecule has 0 amide bonds. The molecule has 0 aromatic heterocycles. The molecule has 1 unspecified atom stereocenters. The molecular weight excluding hydrogens is 236 g/mol. The maximum absolute atomic E-state index is 5.90. The van der Waals surface area contributed by atoms with Gasteiger partial charge >= 0.3 is 0 Å². The summed E-state index contributed by atoms with van der Waals surface area (Å²) in [6.07, 6.45) is 1.19. The Balaban J connectivity index is 3.90. The second-order valence-corrected chi connectivity index (χ2v) is 12.2. The van der Waals surface area contributed by atoms with Crippen LogP contribution in [0.4, 0.5) is 0 Å². The third-order valence-electron chi connectivity index (χ3n) is 1.82. The van der Waals surface area contributed by atoms with Crippen LogP contribution in [0.25, 0.3) is 0 Å². The second-order valence-electron chi connectivity index (χ2n) is 5.31. The molecule has 0 rings (SSSR count). The summed E-state index contributed by atoms with van der Waals surface area (Å²) in [6.45, 7) is 15.2. The SMILES string of the molecule is CCCOCC(CO[Si](C)(C)C)O[SiH](C)C. The molecule has 0 saturated heterocycles. The molecule has 0 radical (unpaired) electrons. The molecule has 98 valence electrons. The zero-order valence-electron chi connectivity index (χ0n) is 11.7. The molecule has 0 fully saturated rings. The molecule has 3 nitrogen and oxygen atoms in total. The van der Waals surface area contributed by atoms with Crippen LogP contribution in [0.2, 0.25) is 32.7 Å². The highest BCUT2D eigenvalue weighted by molar-refractivity contribution is 6.69. The van der Waals surface area contributed by atoms with Crippen LogP contribution in [0.1, 0.15) is 13.3 Å². The number of rotatable bonds is 9. The van der Waals surface area contributed by atoms with E-state index in [1.54, 1.807) is 0 Å². The van der Waals surface area contributed by atoms with Gasteiger partial charge in [0, 0.05) is 6.61 Å². The van der Waals surface area contributed by atoms with Crippen molar-refractivity contribution < 1.29 is 13.6 Å². The Hall–Kier alpha value is 0.314. The van der Waals surface area contributed by atoms with Crippen molar-refractivity contribution >= 4 is 17.4 Å². The minimum Gasteiger partial charge on any atom is -0.415 e. The Morgan fingerprint density at radius 1 is 1.12 bits per heavy atom.